The molecule has 23 heavy (non-hydrogen) atoms. The van der Waals surface area contributed by atoms with Gasteiger partial charge in [0.1, 0.15) is 5.15 Å². The highest BCUT2D eigenvalue weighted by atomic mass is 35.5. The number of aromatic nitrogens is 1. The number of anilines is 1. The van der Waals surface area contributed by atoms with Crippen LogP contribution < -0.4 is 5.43 Å². The van der Waals surface area contributed by atoms with Gasteiger partial charge in [0.05, 0.1) is 15.8 Å². The van der Waals surface area contributed by atoms with Gasteiger partial charge in [0, 0.05) is 0 Å². The van der Waals surface area contributed by atoms with Crippen molar-refractivity contribution in [3.63, 3.8) is 0 Å². The van der Waals surface area contributed by atoms with E-state index in [1.807, 2.05) is 19.1 Å². The molecule has 0 spiro atoms. The van der Waals surface area contributed by atoms with Crippen LogP contribution >= 0.6 is 34.8 Å². The van der Waals surface area contributed by atoms with Crippen LogP contribution in [0.15, 0.2) is 35.4 Å². The van der Waals surface area contributed by atoms with Crippen LogP contribution in [0.5, 0.6) is 0 Å². The topological polar surface area (TPSA) is 37.3 Å². The monoisotopic (exact) mass is 369 g/mol. The first kappa shape index (κ1) is 18.1. The van der Waals surface area contributed by atoms with Gasteiger partial charge < -0.3 is 0 Å². The summed E-state index contributed by atoms with van der Waals surface area (Å²) in [5.41, 5.74) is 6.05. The van der Waals surface area contributed by atoms with Crippen LogP contribution in [0.4, 0.5) is 5.82 Å². The molecule has 0 fully saturated rings. The summed E-state index contributed by atoms with van der Waals surface area (Å²) < 4.78 is 0. The fraction of sp³-hybridized carbons (Fsp3) is 0.294. The molecule has 1 aromatic heterocycles. The zero-order valence-electron chi connectivity index (χ0n) is 13.4. The molecule has 0 unspecified atom stereocenters. The summed E-state index contributed by atoms with van der Waals surface area (Å²) in [6.07, 6.45) is 0. The first-order chi connectivity index (χ1) is 10.7. The molecule has 3 nitrogen and oxygen atoms in total. The summed E-state index contributed by atoms with van der Waals surface area (Å²) in [5.74, 6) is 0.367. The predicted octanol–water partition coefficient (Wildman–Crippen LogP) is 6.18. The molecule has 0 saturated heterocycles. The van der Waals surface area contributed by atoms with Crippen LogP contribution in [-0.2, 0) is 5.41 Å². The molecule has 0 atom stereocenters. The highest BCUT2D eigenvalue weighted by molar-refractivity contribution is 6.42. The summed E-state index contributed by atoms with van der Waals surface area (Å²) in [6, 6.07) is 9.84. The van der Waals surface area contributed by atoms with Crippen molar-refractivity contribution in [2.45, 2.75) is 33.1 Å². The van der Waals surface area contributed by atoms with Crippen molar-refractivity contribution in [3.05, 3.63) is 56.7 Å². The highest BCUT2D eigenvalue weighted by Crippen LogP contribution is 2.29. The molecule has 0 aliphatic carbocycles. The Kier molecular flexibility index (Phi) is 5.56. The maximum atomic E-state index is 6.06. The molecule has 2 aromatic rings. The molecule has 0 saturated carbocycles. The number of nitrogens with one attached hydrogen (secondary N) is 1. The number of rotatable bonds is 3. The van der Waals surface area contributed by atoms with Gasteiger partial charge in [-0.1, -0.05) is 79.8 Å². The molecular weight excluding hydrogens is 353 g/mol. The van der Waals surface area contributed by atoms with Crippen molar-refractivity contribution in [3.8, 4) is 0 Å². The molecule has 6 heteroatoms. The van der Waals surface area contributed by atoms with Gasteiger partial charge in [-0.15, -0.1) is 0 Å². The molecule has 122 valence electrons. The van der Waals surface area contributed by atoms with Gasteiger partial charge in [-0.05, 0) is 29.5 Å². The van der Waals surface area contributed by atoms with E-state index in [2.05, 4.69) is 48.4 Å². The highest BCUT2D eigenvalue weighted by Gasteiger charge is 2.13. The lowest BCUT2D eigenvalue weighted by Crippen LogP contribution is -2.11. The van der Waals surface area contributed by atoms with E-state index in [1.54, 1.807) is 0 Å². The first-order valence-corrected chi connectivity index (χ1v) is 8.24. The van der Waals surface area contributed by atoms with E-state index in [4.69, 9.17) is 34.8 Å². The van der Waals surface area contributed by atoms with E-state index in [9.17, 15) is 0 Å². The van der Waals surface area contributed by atoms with Crippen molar-refractivity contribution in [1.82, 2.24) is 4.98 Å². The van der Waals surface area contributed by atoms with Crippen molar-refractivity contribution in [2.24, 2.45) is 5.10 Å². The quantitative estimate of drug-likeness (QED) is 0.398. The molecule has 0 aliphatic rings. The van der Waals surface area contributed by atoms with Gasteiger partial charge >= 0.3 is 0 Å². The van der Waals surface area contributed by atoms with E-state index >= 15 is 0 Å². The predicted molar refractivity (Wildman–Crippen MR) is 100 cm³/mol. The zero-order chi connectivity index (χ0) is 17.2. The lowest BCUT2D eigenvalue weighted by atomic mass is 9.86. The number of benzene rings is 1. The lowest BCUT2D eigenvalue weighted by Gasteiger charge is -2.19. The molecule has 0 radical (unpaired) electrons. The second-order valence-electron chi connectivity index (χ2n) is 6.23. The minimum absolute atomic E-state index is 0.124. The molecule has 1 aromatic carbocycles. The molecule has 0 bridgehead atoms. The largest absolute Gasteiger partial charge is 0.260 e. The fourth-order valence-corrected chi connectivity index (χ4v) is 2.48. The normalized spacial score (nSPS) is 12.4. The van der Waals surface area contributed by atoms with Gasteiger partial charge in [-0.25, -0.2) is 4.98 Å². The van der Waals surface area contributed by atoms with Gasteiger partial charge in [0.2, 0.25) is 0 Å². The van der Waals surface area contributed by atoms with E-state index in [-0.39, 0.29) is 10.6 Å². The third-order valence-corrected chi connectivity index (χ3v) is 4.35. The van der Waals surface area contributed by atoms with E-state index < -0.39 is 0 Å². The van der Waals surface area contributed by atoms with E-state index in [1.165, 1.54) is 11.6 Å². The Balaban J connectivity index is 2.19. The first-order valence-electron chi connectivity index (χ1n) is 7.11. The van der Waals surface area contributed by atoms with E-state index in [0.717, 1.165) is 11.3 Å². The molecular formula is C17H18Cl3N3. The smallest absolute Gasteiger partial charge is 0.166 e. The Bertz CT molecular complexity index is 732. The average molecular weight is 371 g/mol. The van der Waals surface area contributed by atoms with Crippen LogP contribution in [0.3, 0.4) is 0 Å². The number of hydrogen-bond donors (Lipinski definition) is 1. The Morgan fingerprint density at radius 2 is 1.65 bits per heavy atom. The number of halogens is 3. The van der Waals surface area contributed by atoms with Crippen molar-refractivity contribution in [1.29, 1.82) is 0 Å². The third-order valence-electron chi connectivity index (χ3n) is 3.38. The maximum absolute atomic E-state index is 6.06. The summed E-state index contributed by atoms with van der Waals surface area (Å²) in [4.78, 5) is 4.07. The van der Waals surface area contributed by atoms with Gasteiger partial charge in [-0.3, -0.25) is 5.43 Å². The van der Waals surface area contributed by atoms with Crippen molar-refractivity contribution >= 4 is 46.3 Å². The Morgan fingerprint density at radius 1 is 1.04 bits per heavy atom. The van der Waals surface area contributed by atoms with Gasteiger partial charge in [-0.2, -0.15) is 5.10 Å². The van der Waals surface area contributed by atoms with E-state index in [0.29, 0.717) is 15.9 Å². The molecule has 0 amide bonds. The maximum Gasteiger partial charge on any atom is 0.166 e. The van der Waals surface area contributed by atoms with Crippen LogP contribution in [0.25, 0.3) is 0 Å². The van der Waals surface area contributed by atoms with Crippen LogP contribution in [0, 0.1) is 0 Å². The van der Waals surface area contributed by atoms with Crippen molar-refractivity contribution in [2.75, 3.05) is 5.43 Å². The summed E-state index contributed by atoms with van der Waals surface area (Å²) in [5, 5.41) is 5.15. The lowest BCUT2D eigenvalue weighted by molar-refractivity contribution is 0.590. The van der Waals surface area contributed by atoms with Crippen LogP contribution in [0.1, 0.15) is 38.8 Å². The number of nitrogens with zero attached hydrogens (tertiary/aromatic N) is 2. The number of hydrogen-bond acceptors (Lipinski definition) is 3. The third kappa shape index (κ3) is 4.60. The minimum atomic E-state index is 0.124. The van der Waals surface area contributed by atoms with Crippen LogP contribution in [-0.4, -0.2) is 10.7 Å². The van der Waals surface area contributed by atoms with Crippen LogP contribution in [0.2, 0.25) is 15.2 Å². The Morgan fingerprint density at radius 3 is 2.22 bits per heavy atom. The van der Waals surface area contributed by atoms with Crippen molar-refractivity contribution < 1.29 is 0 Å². The number of hydrazone groups is 1. The van der Waals surface area contributed by atoms with Gasteiger partial charge in [0.25, 0.3) is 0 Å². The SMILES string of the molecule is C/C(=N/Nc1nc(Cl)c(Cl)cc1Cl)c1ccc(C(C)(C)C)cc1. The van der Waals surface area contributed by atoms with Gasteiger partial charge in [0.15, 0.2) is 5.82 Å². The Hall–Kier alpha value is -1.29. The zero-order valence-corrected chi connectivity index (χ0v) is 15.7. The standard InChI is InChI=1S/C17H18Cl3N3/c1-10(11-5-7-12(8-6-11)17(2,3)4)22-23-16-14(19)9-13(18)15(20)21-16/h5-9H,1-4H3,(H,21,23)/b22-10-. The molecule has 1 N–H and O–H groups in total. The minimum Gasteiger partial charge on any atom is -0.260 e. The summed E-state index contributed by atoms with van der Waals surface area (Å²) >= 11 is 17.8. The number of pyridine rings is 1. The second kappa shape index (κ2) is 7.08. The molecule has 1 heterocycles. The summed E-state index contributed by atoms with van der Waals surface area (Å²) in [6.45, 7) is 8.46. The molecule has 0 aliphatic heterocycles. The summed E-state index contributed by atoms with van der Waals surface area (Å²) in [7, 11) is 0. The average Bonchev–Trinajstić information content (AvgIpc) is 2.48. The second-order valence-corrected chi connectivity index (χ2v) is 7.40. The Labute approximate surface area is 151 Å². The fourth-order valence-electron chi connectivity index (χ4n) is 1.94. The molecule has 2 rings (SSSR count).